The van der Waals surface area contributed by atoms with Gasteiger partial charge >= 0.3 is 6.09 Å². The lowest BCUT2D eigenvalue weighted by molar-refractivity contribution is -0.117. The van der Waals surface area contributed by atoms with Crippen molar-refractivity contribution in [3.05, 3.63) is 52.6 Å². The zero-order valence-corrected chi connectivity index (χ0v) is 15.8. The summed E-state index contributed by atoms with van der Waals surface area (Å²) in [6.45, 7) is 0.472. The Balaban J connectivity index is 1.60. The molecule has 0 bridgehead atoms. The van der Waals surface area contributed by atoms with Crippen LogP contribution in [0.4, 0.5) is 10.5 Å². The van der Waals surface area contributed by atoms with E-state index in [1.165, 1.54) is 11.0 Å². The fourth-order valence-corrected chi connectivity index (χ4v) is 3.26. The third-order valence-corrected chi connectivity index (χ3v) is 4.83. The van der Waals surface area contributed by atoms with Crippen molar-refractivity contribution in [2.24, 2.45) is 0 Å². The molecule has 27 heavy (non-hydrogen) atoms. The Morgan fingerprint density at radius 1 is 1.48 bits per heavy atom. The summed E-state index contributed by atoms with van der Waals surface area (Å²) in [5, 5.41) is 12.0. The molecule has 2 aliphatic rings. The highest BCUT2D eigenvalue weighted by molar-refractivity contribution is 7.81. The van der Waals surface area contributed by atoms with Gasteiger partial charge in [-0.3, -0.25) is 9.69 Å². The van der Waals surface area contributed by atoms with Crippen LogP contribution in [0.15, 0.2) is 47.0 Å². The van der Waals surface area contributed by atoms with Crippen molar-refractivity contribution < 1.29 is 14.3 Å². The molecule has 0 spiro atoms. The second-order valence-electron chi connectivity index (χ2n) is 6.11. The van der Waals surface area contributed by atoms with Gasteiger partial charge in [-0.1, -0.05) is 42.0 Å². The van der Waals surface area contributed by atoms with E-state index in [-0.39, 0.29) is 18.9 Å². The van der Waals surface area contributed by atoms with Crippen LogP contribution in [0.3, 0.4) is 0 Å². The number of hydrogen-bond donors (Lipinski definition) is 1. The summed E-state index contributed by atoms with van der Waals surface area (Å²) in [6.07, 6.45) is 3.04. The fraction of sp³-hybridized carbons (Fsp3) is 0.263. The quantitative estimate of drug-likeness (QED) is 0.767. The van der Waals surface area contributed by atoms with Gasteiger partial charge in [0.15, 0.2) is 0 Å². The molecular formula is C19H16ClN3O3S. The Morgan fingerprint density at radius 2 is 2.30 bits per heavy atom. The van der Waals surface area contributed by atoms with Gasteiger partial charge in [0.05, 0.1) is 31.2 Å². The SMILES string of the molecule is N#CCc1cccc(N2CC(CNC(=O)C3=CC(Cl)=CCC3=S)OC2=O)c1. The van der Waals surface area contributed by atoms with E-state index in [4.69, 9.17) is 33.8 Å². The molecule has 1 aliphatic heterocycles. The Hall–Kier alpha value is -2.69. The molecule has 0 saturated carbocycles. The molecule has 8 heteroatoms. The van der Waals surface area contributed by atoms with Gasteiger partial charge in [-0.15, -0.1) is 0 Å². The van der Waals surface area contributed by atoms with Crippen LogP contribution in [-0.4, -0.2) is 36.1 Å². The average molecular weight is 402 g/mol. The van der Waals surface area contributed by atoms with Crippen molar-refractivity contribution in [3.8, 4) is 6.07 Å². The Morgan fingerprint density at radius 3 is 3.07 bits per heavy atom. The number of nitrogens with zero attached hydrogens (tertiary/aromatic N) is 2. The second-order valence-corrected chi connectivity index (χ2v) is 7.03. The summed E-state index contributed by atoms with van der Waals surface area (Å²) >= 11 is 11.1. The van der Waals surface area contributed by atoms with E-state index in [0.717, 1.165) is 5.56 Å². The van der Waals surface area contributed by atoms with E-state index < -0.39 is 12.2 Å². The van der Waals surface area contributed by atoms with Crippen LogP contribution >= 0.6 is 23.8 Å². The molecule has 138 valence electrons. The van der Waals surface area contributed by atoms with Crippen molar-refractivity contribution in [2.75, 3.05) is 18.0 Å². The molecule has 3 rings (SSSR count). The van der Waals surface area contributed by atoms with Gasteiger partial charge in [-0.2, -0.15) is 5.26 Å². The minimum atomic E-state index is -0.485. The van der Waals surface area contributed by atoms with E-state index in [9.17, 15) is 9.59 Å². The molecule has 1 aromatic carbocycles. The van der Waals surface area contributed by atoms with Crippen molar-refractivity contribution >= 4 is 46.4 Å². The van der Waals surface area contributed by atoms with E-state index >= 15 is 0 Å². The van der Waals surface area contributed by atoms with Gasteiger partial charge in [0, 0.05) is 22.0 Å². The lowest BCUT2D eigenvalue weighted by atomic mass is 10.0. The molecule has 6 nitrogen and oxygen atoms in total. The van der Waals surface area contributed by atoms with E-state index in [2.05, 4.69) is 11.4 Å². The standard InChI is InChI=1S/C19H16ClN3O3S/c20-13-4-5-17(27)16(9-13)18(24)22-10-15-11-23(19(25)26-15)14-3-1-2-12(8-14)6-7-21/h1-4,8-9,15H,5-6,10-11H2,(H,22,24). The Labute approximate surface area is 167 Å². The molecule has 1 unspecified atom stereocenters. The van der Waals surface area contributed by atoms with Gasteiger partial charge in [0.25, 0.3) is 5.91 Å². The van der Waals surface area contributed by atoms with E-state index in [1.807, 2.05) is 6.07 Å². The predicted molar refractivity (Wildman–Crippen MR) is 106 cm³/mol. The summed E-state index contributed by atoms with van der Waals surface area (Å²) in [5.74, 6) is -0.336. The fourth-order valence-electron chi connectivity index (χ4n) is 2.84. The molecule has 1 N–H and O–H groups in total. The summed E-state index contributed by atoms with van der Waals surface area (Å²) in [4.78, 5) is 26.5. The lowest BCUT2D eigenvalue weighted by Crippen LogP contribution is -2.36. The first kappa shape index (κ1) is 19.1. The van der Waals surface area contributed by atoms with Gasteiger partial charge < -0.3 is 10.1 Å². The van der Waals surface area contributed by atoms with Crippen LogP contribution < -0.4 is 10.2 Å². The van der Waals surface area contributed by atoms with Crippen molar-refractivity contribution in [2.45, 2.75) is 18.9 Å². The van der Waals surface area contributed by atoms with Crippen LogP contribution in [0.1, 0.15) is 12.0 Å². The van der Waals surface area contributed by atoms with Gasteiger partial charge in [0.2, 0.25) is 0 Å². The minimum absolute atomic E-state index is 0.167. The van der Waals surface area contributed by atoms with Crippen LogP contribution in [0.25, 0.3) is 0 Å². The van der Waals surface area contributed by atoms with Crippen molar-refractivity contribution in [1.82, 2.24) is 5.32 Å². The van der Waals surface area contributed by atoms with Crippen LogP contribution in [0, 0.1) is 11.3 Å². The molecular weight excluding hydrogens is 386 g/mol. The zero-order chi connectivity index (χ0) is 19.4. The monoisotopic (exact) mass is 401 g/mol. The Bertz CT molecular complexity index is 904. The smallest absolute Gasteiger partial charge is 0.414 e. The molecule has 1 atom stereocenters. The van der Waals surface area contributed by atoms with Gasteiger partial charge in [-0.05, 0) is 23.8 Å². The molecule has 0 aromatic heterocycles. The number of ether oxygens (including phenoxy) is 1. The highest BCUT2D eigenvalue weighted by atomic mass is 35.5. The predicted octanol–water partition coefficient (Wildman–Crippen LogP) is 3.02. The highest BCUT2D eigenvalue weighted by Gasteiger charge is 2.33. The highest BCUT2D eigenvalue weighted by Crippen LogP contribution is 2.23. The minimum Gasteiger partial charge on any atom is -0.442 e. The Kier molecular flexibility index (Phi) is 5.89. The number of allylic oxidation sites excluding steroid dienone is 3. The number of cyclic esters (lactones) is 1. The number of nitrogens with one attached hydrogen (secondary N) is 1. The topological polar surface area (TPSA) is 82.4 Å². The molecule has 0 radical (unpaired) electrons. The summed E-state index contributed by atoms with van der Waals surface area (Å²) in [5.41, 5.74) is 1.85. The van der Waals surface area contributed by atoms with Gasteiger partial charge in [0.1, 0.15) is 6.10 Å². The maximum Gasteiger partial charge on any atom is 0.414 e. The number of rotatable bonds is 5. The van der Waals surface area contributed by atoms with Gasteiger partial charge in [-0.25, -0.2) is 4.79 Å². The molecule has 1 aromatic rings. The normalized spacial score (nSPS) is 19.1. The third kappa shape index (κ3) is 4.54. The van der Waals surface area contributed by atoms with E-state index in [0.29, 0.717) is 34.1 Å². The van der Waals surface area contributed by atoms with Crippen LogP contribution in [-0.2, 0) is 16.0 Å². The molecule has 1 heterocycles. The third-order valence-electron chi connectivity index (χ3n) is 4.18. The number of anilines is 1. The number of carbonyl (C=O) groups excluding carboxylic acids is 2. The number of carbonyl (C=O) groups is 2. The van der Waals surface area contributed by atoms with E-state index in [1.54, 1.807) is 24.3 Å². The average Bonchev–Trinajstić information content (AvgIpc) is 3.03. The first-order valence-electron chi connectivity index (χ1n) is 8.30. The number of thiocarbonyl (C=S) groups is 1. The van der Waals surface area contributed by atoms with Crippen molar-refractivity contribution in [1.29, 1.82) is 5.26 Å². The number of halogens is 1. The zero-order valence-electron chi connectivity index (χ0n) is 14.3. The largest absolute Gasteiger partial charge is 0.442 e. The number of hydrogen-bond acceptors (Lipinski definition) is 5. The maximum absolute atomic E-state index is 12.3. The van der Waals surface area contributed by atoms with Crippen molar-refractivity contribution in [3.63, 3.8) is 0 Å². The number of benzene rings is 1. The molecule has 2 amide bonds. The maximum atomic E-state index is 12.3. The second kappa shape index (κ2) is 8.33. The molecule has 1 saturated heterocycles. The summed E-state index contributed by atoms with van der Waals surface area (Å²) < 4.78 is 5.33. The number of amides is 2. The molecule has 1 fully saturated rings. The summed E-state index contributed by atoms with van der Waals surface area (Å²) in [6, 6.07) is 9.26. The number of nitriles is 1. The first-order chi connectivity index (χ1) is 13.0. The summed E-state index contributed by atoms with van der Waals surface area (Å²) in [7, 11) is 0. The first-order valence-corrected chi connectivity index (χ1v) is 9.09. The van der Waals surface area contributed by atoms with Crippen LogP contribution in [0.5, 0.6) is 0 Å². The van der Waals surface area contributed by atoms with Crippen LogP contribution in [0.2, 0.25) is 0 Å². The molecule has 1 aliphatic carbocycles. The lowest BCUT2D eigenvalue weighted by Gasteiger charge is -2.15.